The van der Waals surface area contributed by atoms with Crippen molar-refractivity contribution in [2.24, 2.45) is 11.3 Å². The molecule has 0 aliphatic carbocycles. The van der Waals surface area contributed by atoms with E-state index in [1.807, 2.05) is 13.8 Å². The first kappa shape index (κ1) is 10.9. The zero-order chi connectivity index (χ0) is 11.3. The lowest BCUT2D eigenvalue weighted by molar-refractivity contribution is -0.156. The molecule has 15 heavy (non-hydrogen) atoms. The Balaban J connectivity index is 2.26. The molecular weight excluding hydrogens is 192 g/mol. The van der Waals surface area contributed by atoms with Crippen LogP contribution in [0, 0.1) is 11.3 Å². The molecule has 3 atom stereocenters. The molecule has 0 spiro atoms. The van der Waals surface area contributed by atoms with E-state index in [1.54, 1.807) is 0 Å². The van der Waals surface area contributed by atoms with Gasteiger partial charge in [-0.2, -0.15) is 0 Å². The highest BCUT2D eigenvalue weighted by molar-refractivity contribution is 5.75. The number of hydrogen-bond donors (Lipinski definition) is 0. The minimum Gasteiger partial charge on any atom is -0.466 e. The lowest BCUT2D eigenvalue weighted by Crippen LogP contribution is -2.46. The Morgan fingerprint density at radius 3 is 2.60 bits per heavy atom. The number of carbonyl (C=O) groups is 1. The maximum Gasteiger partial charge on any atom is 0.312 e. The van der Waals surface area contributed by atoms with Gasteiger partial charge in [-0.15, -0.1) is 0 Å². The Kier molecular flexibility index (Phi) is 2.34. The molecule has 0 aromatic carbocycles. The molecule has 3 heteroatoms. The number of rotatable bonds is 2. The highest BCUT2D eigenvalue weighted by Gasteiger charge is 2.64. The lowest BCUT2D eigenvalue weighted by atomic mass is 9.64. The van der Waals surface area contributed by atoms with Gasteiger partial charge in [0.05, 0.1) is 24.2 Å². The Labute approximate surface area is 91.1 Å². The van der Waals surface area contributed by atoms with Gasteiger partial charge in [-0.05, 0) is 26.7 Å². The van der Waals surface area contributed by atoms with Gasteiger partial charge in [0.25, 0.3) is 0 Å². The first-order valence-corrected chi connectivity index (χ1v) is 5.76. The van der Waals surface area contributed by atoms with Crippen LogP contribution in [0.25, 0.3) is 0 Å². The molecule has 0 amide bonds. The van der Waals surface area contributed by atoms with E-state index in [1.165, 1.54) is 0 Å². The van der Waals surface area contributed by atoms with E-state index in [9.17, 15) is 4.79 Å². The largest absolute Gasteiger partial charge is 0.466 e. The predicted octanol–water partition coefficient (Wildman–Crippen LogP) is 2.14. The second-order valence-corrected chi connectivity index (χ2v) is 5.46. The zero-order valence-electron chi connectivity index (χ0n) is 10.0. The molecule has 0 aromatic heterocycles. The van der Waals surface area contributed by atoms with Crippen molar-refractivity contribution in [1.82, 2.24) is 0 Å². The van der Waals surface area contributed by atoms with Gasteiger partial charge < -0.3 is 9.47 Å². The molecule has 0 radical (unpaired) electrons. The highest BCUT2D eigenvalue weighted by Crippen LogP contribution is 2.57. The molecular formula is C12H20O3. The third-order valence-electron chi connectivity index (χ3n) is 4.02. The smallest absolute Gasteiger partial charge is 0.312 e. The van der Waals surface area contributed by atoms with Crippen LogP contribution in [0.4, 0.5) is 0 Å². The summed E-state index contributed by atoms with van der Waals surface area (Å²) in [6.45, 7) is 8.57. The van der Waals surface area contributed by atoms with Crippen LogP contribution in [0.2, 0.25) is 0 Å². The molecule has 3 nitrogen and oxygen atoms in total. The topological polar surface area (TPSA) is 35.5 Å². The van der Waals surface area contributed by atoms with Crippen molar-refractivity contribution < 1.29 is 14.3 Å². The molecule has 2 saturated heterocycles. The summed E-state index contributed by atoms with van der Waals surface area (Å²) in [6.07, 6.45) is 2.26. The van der Waals surface area contributed by atoms with Crippen molar-refractivity contribution in [2.75, 3.05) is 6.61 Å². The van der Waals surface area contributed by atoms with Gasteiger partial charge in [-0.3, -0.25) is 4.79 Å². The Bertz CT molecular complexity index is 280. The summed E-state index contributed by atoms with van der Waals surface area (Å²) in [6, 6.07) is 0. The Morgan fingerprint density at radius 1 is 1.47 bits per heavy atom. The van der Waals surface area contributed by atoms with Crippen molar-refractivity contribution in [2.45, 2.75) is 52.2 Å². The minimum atomic E-state index is -0.291. The second kappa shape index (κ2) is 3.21. The summed E-state index contributed by atoms with van der Waals surface area (Å²) in [5.41, 5.74) is -0.375. The standard InChI is InChI=1S/C12H20O3/c1-5-14-10(13)9-11(2,3)8-6-7-12(9,4)15-8/h8-9H,5-7H2,1-4H3. The summed E-state index contributed by atoms with van der Waals surface area (Å²) in [5.74, 6) is -0.198. The number of fused-ring (bicyclic) bond motifs is 2. The average molecular weight is 212 g/mol. The van der Waals surface area contributed by atoms with E-state index >= 15 is 0 Å². The maximum absolute atomic E-state index is 12.0. The van der Waals surface area contributed by atoms with Crippen molar-refractivity contribution in [1.29, 1.82) is 0 Å². The van der Waals surface area contributed by atoms with Crippen LogP contribution in [0.3, 0.4) is 0 Å². The van der Waals surface area contributed by atoms with E-state index in [0.29, 0.717) is 6.61 Å². The molecule has 0 saturated carbocycles. The summed E-state index contributed by atoms with van der Waals surface area (Å²) in [4.78, 5) is 12.0. The quantitative estimate of drug-likeness (QED) is 0.658. The molecule has 0 N–H and O–H groups in total. The molecule has 2 heterocycles. The first-order valence-electron chi connectivity index (χ1n) is 5.76. The van der Waals surface area contributed by atoms with E-state index < -0.39 is 0 Å². The zero-order valence-corrected chi connectivity index (χ0v) is 10.0. The highest BCUT2D eigenvalue weighted by atomic mass is 16.6. The fourth-order valence-electron chi connectivity index (χ4n) is 3.35. The van der Waals surface area contributed by atoms with Crippen molar-refractivity contribution in [3.63, 3.8) is 0 Å². The molecule has 86 valence electrons. The van der Waals surface area contributed by atoms with Gasteiger partial charge in [0.1, 0.15) is 0 Å². The number of hydrogen-bond acceptors (Lipinski definition) is 3. The van der Waals surface area contributed by atoms with Crippen LogP contribution in [0.1, 0.15) is 40.5 Å². The summed E-state index contributed by atoms with van der Waals surface area (Å²) in [5, 5.41) is 0. The fraction of sp³-hybridized carbons (Fsp3) is 0.917. The Morgan fingerprint density at radius 2 is 2.13 bits per heavy atom. The monoisotopic (exact) mass is 212 g/mol. The van der Waals surface area contributed by atoms with Crippen molar-refractivity contribution >= 4 is 5.97 Å². The van der Waals surface area contributed by atoms with E-state index in [4.69, 9.17) is 9.47 Å². The third-order valence-corrected chi connectivity index (χ3v) is 4.02. The predicted molar refractivity (Wildman–Crippen MR) is 56.4 cm³/mol. The van der Waals surface area contributed by atoms with E-state index in [0.717, 1.165) is 12.8 Å². The summed E-state index contributed by atoms with van der Waals surface area (Å²) >= 11 is 0. The van der Waals surface area contributed by atoms with Crippen molar-refractivity contribution in [3.8, 4) is 0 Å². The molecule has 2 aliphatic rings. The maximum atomic E-state index is 12.0. The molecule has 0 aromatic rings. The molecule has 2 fully saturated rings. The van der Waals surface area contributed by atoms with Crippen LogP contribution in [-0.4, -0.2) is 24.3 Å². The minimum absolute atomic E-state index is 0.0841. The van der Waals surface area contributed by atoms with Gasteiger partial charge in [-0.1, -0.05) is 13.8 Å². The lowest BCUT2D eigenvalue weighted by Gasteiger charge is -2.37. The molecule has 2 rings (SSSR count). The van der Waals surface area contributed by atoms with Gasteiger partial charge >= 0.3 is 5.97 Å². The third kappa shape index (κ3) is 1.40. The average Bonchev–Trinajstić information content (AvgIpc) is 2.55. The fourth-order valence-corrected chi connectivity index (χ4v) is 3.35. The second-order valence-electron chi connectivity index (χ2n) is 5.46. The summed E-state index contributed by atoms with van der Waals surface area (Å²) < 4.78 is 11.1. The van der Waals surface area contributed by atoms with Crippen LogP contribution in [-0.2, 0) is 14.3 Å². The van der Waals surface area contributed by atoms with Gasteiger partial charge in [0, 0.05) is 5.41 Å². The van der Waals surface area contributed by atoms with Gasteiger partial charge in [-0.25, -0.2) is 0 Å². The molecule has 2 aliphatic heterocycles. The number of carbonyl (C=O) groups excluding carboxylic acids is 1. The van der Waals surface area contributed by atoms with E-state index in [2.05, 4.69) is 13.8 Å². The number of ether oxygens (including phenoxy) is 2. The van der Waals surface area contributed by atoms with Gasteiger partial charge in [0.15, 0.2) is 0 Å². The van der Waals surface area contributed by atoms with Crippen LogP contribution in [0.15, 0.2) is 0 Å². The van der Waals surface area contributed by atoms with Crippen LogP contribution in [0.5, 0.6) is 0 Å². The molecule has 3 unspecified atom stereocenters. The van der Waals surface area contributed by atoms with E-state index in [-0.39, 0.29) is 29.0 Å². The number of esters is 1. The van der Waals surface area contributed by atoms with Gasteiger partial charge in [0.2, 0.25) is 0 Å². The van der Waals surface area contributed by atoms with Crippen LogP contribution < -0.4 is 0 Å². The first-order chi connectivity index (χ1) is 6.92. The summed E-state index contributed by atoms with van der Waals surface area (Å²) in [7, 11) is 0. The van der Waals surface area contributed by atoms with Crippen molar-refractivity contribution in [3.05, 3.63) is 0 Å². The SMILES string of the molecule is CCOC(=O)C1C2(C)CCC(O2)C1(C)C. The molecule has 2 bridgehead atoms. The normalized spacial score (nSPS) is 41.9. The van der Waals surface area contributed by atoms with Crippen LogP contribution >= 0.6 is 0 Å². The Hall–Kier alpha value is -0.570.